The molecule has 0 atom stereocenters. The molecule has 5 aromatic rings. The fourth-order valence-electron chi connectivity index (χ4n) is 4.49. The first kappa shape index (κ1) is 29.2. The van der Waals surface area contributed by atoms with Gasteiger partial charge in [-0.1, -0.05) is 12.1 Å². The van der Waals surface area contributed by atoms with Crippen LogP contribution in [-0.4, -0.2) is 39.0 Å². The van der Waals surface area contributed by atoms with Crippen LogP contribution in [0.4, 0.5) is 20.2 Å². The molecule has 0 unspecified atom stereocenters. The van der Waals surface area contributed by atoms with Crippen LogP contribution in [0.1, 0.15) is 18.4 Å². The summed E-state index contributed by atoms with van der Waals surface area (Å²) in [4.78, 5) is 38.6. The Balaban J connectivity index is 1.15. The van der Waals surface area contributed by atoms with Crippen molar-refractivity contribution in [2.75, 3.05) is 17.7 Å². The molecular weight excluding hydrogens is 588 g/mol. The van der Waals surface area contributed by atoms with E-state index in [4.69, 9.17) is 14.2 Å². The van der Waals surface area contributed by atoms with Crippen LogP contribution in [0.25, 0.3) is 11.0 Å². The van der Waals surface area contributed by atoms with Gasteiger partial charge >= 0.3 is 0 Å². The lowest BCUT2D eigenvalue weighted by Crippen LogP contribution is -2.35. The third-order valence-corrected chi connectivity index (χ3v) is 7.12. The van der Waals surface area contributed by atoms with Crippen molar-refractivity contribution in [2.24, 2.45) is 5.41 Å². The summed E-state index contributed by atoms with van der Waals surface area (Å²) >= 11 is 0. The predicted molar refractivity (Wildman–Crippen MR) is 158 cm³/mol. The van der Waals surface area contributed by atoms with Crippen LogP contribution >= 0.6 is 0 Å². The number of carbonyl (C=O) groups excluding carboxylic acids is 2. The number of rotatable bonds is 10. The largest absolute Gasteiger partial charge is 0.508 e. The summed E-state index contributed by atoms with van der Waals surface area (Å²) in [7, 11) is 1.42. The number of halogens is 2. The van der Waals surface area contributed by atoms with Crippen LogP contribution < -0.4 is 24.8 Å². The predicted octanol–water partition coefficient (Wildman–Crippen LogP) is 5.75. The molecule has 0 radical (unpaired) electrons. The molecule has 1 aliphatic carbocycles. The number of phenolic OH excluding ortho intramolecular Hbond substituents is 1. The molecule has 11 nitrogen and oxygen atoms in total. The molecule has 1 saturated carbocycles. The quantitative estimate of drug-likeness (QED) is 0.168. The van der Waals surface area contributed by atoms with Gasteiger partial charge in [-0.15, -0.1) is 0 Å². The third-order valence-electron chi connectivity index (χ3n) is 7.12. The minimum absolute atomic E-state index is 0.0282. The number of aromatic hydroxyl groups is 1. The molecule has 2 aromatic carbocycles. The number of fused-ring (bicyclic) bond motifs is 1. The van der Waals surface area contributed by atoms with Gasteiger partial charge in [-0.2, -0.15) is 0 Å². The van der Waals surface area contributed by atoms with E-state index in [1.165, 1.54) is 49.8 Å². The second-order valence-corrected chi connectivity index (χ2v) is 10.2. The molecule has 0 aliphatic heterocycles. The van der Waals surface area contributed by atoms with Crippen LogP contribution in [0.5, 0.6) is 29.0 Å². The Hall–Kier alpha value is -5.85. The maximum absolute atomic E-state index is 15.1. The SMILES string of the molecule is COc1nc2c(Oc3ncc(NC(=O)C4(C(=O)Nc5ccc(F)cc5)CC4)cc3F)ccnc2cc1OCc1ccc(O)cc1. The maximum atomic E-state index is 15.1. The number of ether oxygens (including phenoxy) is 3. The van der Waals surface area contributed by atoms with Crippen molar-refractivity contribution in [1.29, 1.82) is 0 Å². The van der Waals surface area contributed by atoms with Gasteiger partial charge in [0.15, 0.2) is 17.3 Å². The minimum Gasteiger partial charge on any atom is -0.508 e. The number of nitrogens with zero attached hydrogens (tertiary/aromatic N) is 3. The molecule has 3 aromatic heterocycles. The van der Waals surface area contributed by atoms with Gasteiger partial charge in [-0.05, 0) is 54.8 Å². The van der Waals surface area contributed by atoms with E-state index in [1.807, 2.05) is 0 Å². The highest BCUT2D eigenvalue weighted by atomic mass is 19.1. The number of aromatic nitrogens is 3. The molecule has 3 N–H and O–H groups in total. The zero-order valence-electron chi connectivity index (χ0n) is 23.7. The minimum atomic E-state index is -1.33. The Morgan fingerprint density at radius 1 is 0.889 bits per heavy atom. The van der Waals surface area contributed by atoms with E-state index < -0.39 is 28.9 Å². The van der Waals surface area contributed by atoms with Gasteiger partial charge in [0.25, 0.3) is 11.8 Å². The number of hydrogen-bond donors (Lipinski definition) is 3. The summed E-state index contributed by atoms with van der Waals surface area (Å²) in [6, 6.07) is 15.8. The van der Waals surface area contributed by atoms with Gasteiger partial charge in [-0.25, -0.2) is 18.7 Å². The first-order chi connectivity index (χ1) is 21.7. The summed E-state index contributed by atoms with van der Waals surface area (Å²) in [6.45, 7) is 0.179. The first-order valence-corrected chi connectivity index (χ1v) is 13.7. The molecule has 2 amide bonds. The number of phenols is 1. The van der Waals surface area contributed by atoms with Gasteiger partial charge in [0.05, 0.1) is 24.5 Å². The molecular formula is C32H25F2N5O6. The summed E-state index contributed by atoms with van der Waals surface area (Å²) < 4.78 is 45.3. The standard InChI is InChI=1S/C32H25F2N5O6/c1-43-29-26(44-17-18-2-8-22(40)9-3-18)15-24-27(39-29)25(10-13-35-24)45-28-23(34)14-21(16-36-28)38-31(42)32(11-12-32)30(41)37-20-6-4-19(33)5-7-20/h2-10,13-16,40H,11-12,17H2,1H3,(H,37,41)(H,38,42). The number of pyridine rings is 3. The average Bonchev–Trinajstić information content (AvgIpc) is 3.85. The number of nitrogens with one attached hydrogen (secondary N) is 2. The topological polar surface area (TPSA) is 145 Å². The number of amides is 2. The van der Waals surface area contributed by atoms with Crippen LogP contribution in [0.2, 0.25) is 0 Å². The average molecular weight is 614 g/mol. The highest BCUT2D eigenvalue weighted by Crippen LogP contribution is 2.47. The van der Waals surface area contributed by atoms with E-state index in [0.29, 0.717) is 29.8 Å². The number of benzene rings is 2. The number of anilines is 2. The molecule has 1 aliphatic rings. The Bertz CT molecular complexity index is 1900. The van der Waals surface area contributed by atoms with Crippen molar-refractivity contribution in [2.45, 2.75) is 19.4 Å². The molecule has 0 spiro atoms. The Morgan fingerprint density at radius 3 is 2.27 bits per heavy atom. The molecule has 0 bridgehead atoms. The fourth-order valence-corrected chi connectivity index (χ4v) is 4.49. The molecule has 0 saturated heterocycles. The second kappa shape index (κ2) is 12.0. The maximum Gasteiger partial charge on any atom is 0.257 e. The molecule has 13 heteroatoms. The van der Waals surface area contributed by atoms with Gasteiger partial charge in [0.1, 0.15) is 29.1 Å². The molecule has 45 heavy (non-hydrogen) atoms. The third kappa shape index (κ3) is 6.27. The zero-order chi connectivity index (χ0) is 31.6. The van der Waals surface area contributed by atoms with Crippen molar-refractivity contribution in [3.8, 4) is 29.0 Å². The summed E-state index contributed by atoms with van der Waals surface area (Å²) in [5.74, 6) is -2.14. The van der Waals surface area contributed by atoms with Crippen molar-refractivity contribution in [3.05, 3.63) is 96.3 Å². The zero-order valence-corrected chi connectivity index (χ0v) is 23.7. The second-order valence-electron chi connectivity index (χ2n) is 10.2. The van der Waals surface area contributed by atoms with Crippen molar-refractivity contribution >= 4 is 34.2 Å². The lowest BCUT2D eigenvalue weighted by Gasteiger charge is -2.16. The lowest BCUT2D eigenvalue weighted by molar-refractivity contribution is -0.131. The highest BCUT2D eigenvalue weighted by molar-refractivity contribution is 6.16. The van der Waals surface area contributed by atoms with Crippen molar-refractivity contribution in [3.63, 3.8) is 0 Å². The van der Waals surface area contributed by atoms with E-state index in [1.54, 1.807) is 30.3 Å². The lowest BCUT2D eigenvalue weighted by atomic mass is 10.0. The number of hydrogen-bond acceptors (Lipinski definition) is 9. The summed E-state index contributed by atoms with van der Waals surface area (Å²) in [5.41, 5.74) is 0.498. The smallest absolute Gasteiger partial charge is 0.257 e. The van der Waals surface area contributed by atoms with Gasteiger partial charge in [0.2, 0.25) is 11.8 Å². The monoisotopic (exact) mass is 613 g/mol. The Morgan fingerprint density at radius 2 is 1.60 bits per heavy atom. The number of carbonyl (C=O) groups is 2. The van der Waals surface area contributed by atoms with E-state index in [-0.39, 0.29) is 41.1 Å². The van der Waals surface area contributed by atoms with E-state index in [9.17, 15) is 19.1 Å². The summed E-state index contributed by atoms with van der Waals surface area (Å²) in [5, 5.41) is 14.6. The normalized spacial score (nSPS) is 13.1. The summed E-state index contributed by atoms with van der Waals surface area (Å²) in [6.07, 6.45) is 3.27. The highest BCUT2D eigenvalue weighted by Gasteiger charge is 2.56. The fraction of sp³-hybridized carbons (Fsp3) is 0.156. The van der Waals surface area contributed by atoms with Gasteiger partial charge < -0.3 is 30.0 Å². The molecule has 1 fully saturated rings. The molecule has 6 rings (SSSR count). The molecule has 228 valence electrons. The van der Waals surface area contributed by atoms with Crippen LogP contribution in [-0.2, 0) is 16.2 Å². The van der Waals surface area contributed by atoms with E-state index >= 15 is 4.39 Å². The Kier molecular flexibility index (Phi) is 7.82. The van der Waals surface area contributed by atoms with Crippen LogP contribution in [0.15, 0.2) is 79.1 Å². The van der Waals surface area contributed by atoms with Crippen LogP contribution in [0.3, 0.4) is 0 Å². The van der Waals surface area contributed by atoms with E-state index in [0.717, 1.165) is 11.6 Å². The Labute approximate surface area is 254 Å². The van der Waals surface area contributed by atoms with Crippen molar-refractivity contribution in [1.82, 2.24) is 15.0 Å². The van der Waals surface area contributed by atoms with Crippen molar-refractivity contribution < 1.29 is 37.7 Å². The van der Waals surface area contributed by atoms with E-state index in [2.05, 4.69) is 25.6 Å². The van der Waals surface area contributed by atoms with Gasteiger partial charge in [0, 0.05) is 30.1 Å². The molecule has 3 heterocycles. The first-order valence-electron chi connectivity index (χ1n) is 13.7. The van der Waals surface area contributed by atoms with Gasteiger partial charge in [-0.3, -0.25) is 14.6 Å². The number of methoxy groups -OCH3 is 1. The van der Waals surface area contributed by atoms with Crippen LogP contribution in [0, 0.1) is 17.0 Å².